The molecule has 2 aromatic carbocycles. The largest absolute Gasteiger partial charge is 0.274 e. The molecule has 1 aliphatic heterocycles. The first-order valence-electron chi connectivity index (χ1n) is 6.72. The number of likely N-dealkylation sites (tertiary alicyclic amines) is 1. The predicted molar refractivity (Wildman–Crippen MR) is 77.3 cm³/mol. The van der Waals surface area contributed by atoms with Gasteiger partial charge in [-0.3, -0.25) is 14.4 Å². The lowest BCUT2D eigenvalue weighted by Gasteiger charge is -2.12. The van der Waals surface area contributed by atoms with Gasteiger partial charge in [-0.25, -0.2) is 4.90 Å². The molecule has 0 radical (unpaired) electrons. The first-order chi connectivity index (χ1) is 10.2. The topological polar surface area (TPSA) is 54.5 Å². The van der Waals surface area contributed by atoms with E-state index in [1.807, 2.05) is 42.5 Å². The van der Waals surface area contributed by atoms with Crippen LogP contribution in [0, 0.1) is 0 Å². The number of hydrogen-bond acceptors (Lipinski definition) is 3. The first kappa shape index (κ1) is 13.2. The number of carbonyl (C=O) groups excluding carboxylic acids is 3. The van der Waals surface area contributed by atoms with E-state index >= 15 is 0 Å². The summed E-state index contributed by atoms with van der Waals surface area (Å²) in [6, 6.07) is 16.7. The van der Waals surface area contributed by atoms with Gasteiger partial charge in [-0.2, -0.15) is 0 Å². The molecule has 1 saturated heterocycles. The Morgan fingerprint density at radius 3 is 1.86 bits per heavy atom. The fourth-order valence-electron chi connectivity index (χ4n) is 2.37. The van der Waals surface area contributed by atoms with Gasteiger partial charge >= 0.3 is 0 Å². The summed E-state index contributed by atoms with van der Waals surface area (Å²) >= 11 is 0. The summed E-state index contributed by atoms with van der Waals surface area (Å²) in [7, 11) is 0. The lowest BCUT2D eigenvalue weighted by Crippen LogP contribution is -2.35. The molecular weight excluding hydrogens is 266 g/mol. The zero-order valence-corrected chi connectivity index (χ0v) is 11.3. The number of benzene rings is 2. The lowest BCUT2D eigenvalue weighted by atomic mass is 10.0. The van der Waals surface area contributed by atoms with Crippen molar-refractivity contribution in [2.75, 3.05) is 0 Å². The van der Waals surface area contributed by atoms with Crippen molar-refractivity contribution in [3.05, 3.63) is 60.2 Å². The van der Waals surface area contributed by atoms with Gasteiger partial charge in [0.05, 0.1) is 0 Å². The molecule has 104 valence electrons. The Morgan fingerprint density at radius 1 is 0.762 bits per heavy atom. The van der Waals surface area contributed by atoms with Crippen molar-refractivity contribution in [1.82, 2.24) is 4.90 Å². The summed E-state index contributed by atoms with van der Waals surface area (Å²) < 4.78 is 0. The highest BCUT2D eigenvalue weighted by atomic mass is 16.2. The quantitative estimate of drug-likeness (QED) is 0.794. The van der Waals surface area contributed by atoms with Crippen LogP contribution in [-0.4, -0.2) is 22.6 Å². The van der Waals surface area contributed by atoms with Crippen molar-refractivity contribution in [2.45, 2.75) is 12.8 Å². The molecule has 0 atom stereocenters. The van der Waals surface area contributed by atoms with Crippen LogP contribution in [0.25, 0.3) is 11.1 Å². The molecule has 4 heteroatoms. The van der Waals surface area contributed by atoms with Gasteiger partial charge in [0.1, 0.15) is 0 Å². The average molecular weight is 279 g/mol. The molecule has 0 bridgehead atoms. The highest BCUT2D eigenvalue weighted by Crippen LogP contribution is 2.21. The fourth-order valence-corrected chi connectivity index (χ4v) is 2.37. The molecule has 0 unspecified atom stereocenters. The van der Waals surface area contributed by atoms with E-state index in [1.165, 1.54) is 0 Å². The third-order valence-corrected chi connectivity index (χ3v) is 3.49. The molecule has 0 aromatic heterocycles. The Labute approximate surface area is 122 Å². The van der Waals surface area contributed by atoms with Crippen LogP contribution in [0.5, 0.6) is 0 Å². The number of nitrogens with zero attached hydrogens (tertiary/aromatic N) is 1. The normalized spacial score (nSPS) is 14.6. The van der Waals surface area contributed by atoms with Crippen molar-refractivity contribution in [1.29, 1.82) is 0 Å². The van der Waals surface area contributed by atoms with E-state index in [-0.39, 0.29) is 12.8 Å². The summed E-state index contributed by atoms with van der Waals surface area (Å²) in [5, 5.41) is 0. The van der Waals surface area contributed by atoms with E-state index in [0.29, 0.717) is 5.56 Å². The summed E-state index contributed by atoms with van der Waals surface area (Å²) in [6.07, 6.45) is 0.235. The van der Waals surface area contributed by atoms with Crippen LogP contribution in [-0.2, 0) is 9.59 Å². The molecule has 0 N–H and O–H groups in total. The van der Waals surface area contributed by atoms with Crippen LogP contribution < -0.4 is 0 Å². The Bertz CT molecular complexity index is 689. The third-order valence-electron chi connectivity index (χ3n) is 3.49. The minimum Gasteiger partial charge on any atom is -0.274 e. The van der Waals surface area contributed by atoms with E-state index in [9.17, 15) is 14.4 Å². The van der Waals surface area contributed by atoms with Crippen molar-refractivity contribution < 1.29 is 14.4 Å². The molecule has 1 aliphatic rings. The molecule has 0 spiro atoms. The summed E-state index contributed by atoms with van der Waals surface area (Å²) in [4.78, 5) is 36.1. The molecule has 0 saturated carbocycles. The number of amides is 3. The molecule has 1 heterocycles. The second-order valence-electron chi connectivity index (χ2n) is 4.87. The maximum Gasteiger partial charge on any atom is 0.267 e. The maximum atomic E-state index is 12.2. The Balaban J connectivity index is 1.86. The second kappa shape index (κ2) is 5.32. The second-order valence-corrected chi connectivity index (χ2v) is 4.87. The Kier molecular flexibility index (Phi) is 3.36. The van der Waals surface area contributed by atoms with Crippen LogP contribution in [0.1, 0.15) is 23.2 Å². The summed E-state index contributed by atoms with van der Waals surface area (Å²) in [5.41, 5.74) is 2.37. The van der Waals surface area contributed by atoms with Gasteiger partial charge in [0.25, 0.3) is 5.91 Å². The van der Waals surface area contributed by atoms with E-state index in [0.717, 1.165) is 16.0 Å². The van der Waals surface area contributed by atoms with E-state index in [2.05, 4.69) is 0 Å². The smallest absolute Gasteiger partial charge is 0.267 e. The molecule has 1 fully saturated rings. The van der Waals surface area contributed by atoms with Crippen LogP contribution >= 0.6 is 0 Å². The highest BCUT2D eigenvalue weighted by Gasteiger charge is 2.34. The molecule has 2 aromatic rings. The zero-order chi connectivity index (χ0) is 14.8. The molecule has 3 rings (SSSR count). The monoisotopic (exact) mass is 279 g/mol. The predicted octanol–water partition coefficient (Wildman–Crippen LogP) is 2.64. The molecule has 0 aliphatic carbocycles. The van der Waals surface area contributed by atoms with Crippen molar-refractivity contribution >= 4 is 17.7 Å². The SMILES string of the molecule is O=C1CCC(=O)N1C(=O)c1ccc(-c2ccccc2)cc1. The molecule has 4 nitrogen and oxygen atoms in total. The van der Waals surface area contributed by atoms with Gasteiger partial charge in [0, 0.05) is 18.4 Å². The van der Waals surface area contributed by atoms with Crippen molar-refractivity contribution in [3.8, 4) is 11.1 Å². The maximum absolute atomic E-state index is 12.2. The van der Waals surface area contributed by atoms with E-state index < -0.39 is 17.7 Å². The van der Waals surface area contributed by atoms with E-state index in [4.69, 9.17) is 0 Å². The summed E-state index contributed by atoms with van der Waals surface area (Å²) in [6.45, 7) is 0. The average Bonchev–Trinajstić information content (AvgIpc) is 2.87. The van der Waals surface area contributed by atoms with Crippen LogP contribution in [0.2, 0.25) is 0 Å². The molecular formula is C17H13NO3. The van der Waals surface area contributed by atoms with Gasteiger partial charge in [0.2, 0.25) is 11.8 Å². The fraction of sp³-hybridized carbons (Fsp3) is 0.118. The first-order valence-corrected chi connectivity index (χ1v) is 6.72. The van der Waals surface area contributed by atoms with Crippen molar-refractivity contribution in [2.24, 2.45) is 0 Å². The van der Waals surface area contributed by atoms with Crippen molar-refractivity contribution in [3.63, 3.8) is 0 Å². The van der Waals surface area contributed by atoms with Gasteiger partial charge in [-0.15, -0.1) is 0 Å². The minimum absolute atomic E-state index is 0.118. The Morgan fingerprint density at radius 2 is 1.29 bits per heavy atom. The number of hydrogen-bond donors (Lipinski definition) is 0. The van der Waals surface area contributed by atoms with Gasteiger partial charge in [-0.1, -0.05) is 42.5 Å². The van der Waals surface area contributed by atoms with Gasteiger partial charge in [0.15, 0.2) is 0 Å². The number of imide groups is 3. The molecule has 21 heavy (non-hydrogen) atoms. The Hall–Kier alpha value is -2.75. The zero-order valence-electron chi connectivity index (χ0n) is 11.3. The van der Waals surface area contributed by atoms with Gasteiger partial charge < -0.3 is 0 Å². The number of rotatable bonds is 2. The highest BCUT2D eigenvalue weighted by molar-refractivity contribution is 6.19. The van der Waals surface area contributed by atoms with Crippen LogP contribution in [0.3, 0.4) is 0 Å². The number of carbonyl (C=O) groups is 3. The molecule has 3 amide bonds. The van der Waals surface area contributed by atoms with E-state index in [1.54, 1.807) is 12.1 Å². The summed E-state index contributed by atoms with van der Waals surface area (Å²) in [5.74, 6) is -1.38. The standard InChI is InChI=1S/C17H13NO3/c19-15-10-11-16(20)18(15)17(21)14-8-6-13(7-9-14)12-4-2-1-3-5-12/h1-9H,10-11H2. The third kappa shape index (κ3) is 2.48. The lowest BCUT2D eigenvalue weighted by molar-refractivity contribution is -0.134. The van der Waals surface area contributed by atoms with Gasteiger partial charge in [-0.05, 0) is 23.3 Å². The minimum atomic E-state index is -0.540. The van der Waals surface area contributed by atoms with Crippen LogP contribution in [0.15, 0.2) is 54.6 Å². The van der Waals surface area contributed by atoms with Crippen LogP contribution in [0.4, 0.5) is 0 Å².